The summed E-state index contributed by atoms with van der Waals surface area (Å²) < 4.78 is 90.9. The Labute approximate surface area is 224 Å². The van der Waals surface area contributed by atoms with Crippen LogP contribution in [0.1, 0.15) is 55.3 Å². The van der Waals surface area contributed by atoms with Crippen molar-refractivity contribution in [3.8, 4) is 0 Å². The minimum absolute atomic E-state index is 0.00372. The van der Waals surface area contributed by atoms with E-state index in [0.717, 1.165) is 35.4 Å². The van der Waals surface area contributed by atoms with Gasteiger partial charge in [-0.15, -0.1) is 0 Å². The fourth-order valence-electron chi connectivity index (χ4n) is 6.80. The number of ether oxygens (including phenoxy) is 2. The summed E-state index contributed by atoms with van der Waals surface area (Å²) in [7, 11) is 0. The van der Waals surface area contributed by atoms with E-state index in [4.69, 9.17) is 9.47 Å². The van der Waals surface area contributed by atoms with Crippen molar-refractivity contribution in [1.29, 1.82) is 0 Å². The third kappa shape index (κ3) is 4.53. The number of rotatable bonds is 4. The lowest BCUT2D eigenvalue weighted by atomic mass is 9.76. The second kappa shape index (κ2) is 9.38. The van der Waals surface area contributed by atoms with Crippen molar-refractivity contribution in [2.75, 3.05) is 0 Å². The van der Waals surface area contributed by atoms with E-state index in [2.05, 4.69) is 0 Å². The van der Waals surface area contributed by atoms with Gasteiger partial charge in [0.2, 0.25) is 0 Å². The molecule has 6 unspecified atom stereocenters. The van der Waals surface area contributed by atoms with Gasteiger partial charge in [0.05, 0.1) is 22.3 Å². The Morgan fingerprint density at radius 1 is 0.650 bits per heavy atom. The molecular weight excluding hydrogens is 538 g/mol. The van der Waals surface area contributed by atoms with Gasteiger partial charge in [-0.1, -0.05) is 36.4 Å². The van der Waals surface area contributed by atoms with Crippen LogP contribution in [0.5, 0.6) is 0 Å². The van der Waals surface area contributed by atoms with Crippen LogP contribution in [0.3, 0.4) is 0 Å². The summed E-state index contributed by atoms with van der Waals surface area (Å²) >= 11 is 0. The Bertz CT molecular complexity index is 1480. The zero-order valence-corrected chi connectivity index (χ0v) is 20.7. The molecule has 6 atom stereocenters. The molecule has 3 aliphatic carbocycles. The van der Waals surface area contributed by atoms with Crippen LogP contribution in [0.4, 0.5) is 26.3 Å². The highest BCUT2D eigenvalue weighted by Crippen LogP contribution is 2.62. The largest absolute Gasteiger partial charge is 0.455 e. The molecule has 4 nitrogen and oxygen atoms in total. The second-order valence-corrected chi connectivity index (χ2v) is 10.6. The summed E-state index contributed by atoms with van der Waals surface area (Å²) in [5.74, 6) is -2.42. The molecule has 3 aliphatic rings. The minimum atomic E-state index is -4.66. The summed E-state index contributed by atoms with van der Waals surface area (Å²) in [6.07, 6.45) is -9.99. The van der Waals surface area contributed by atoms with Crippen LogP contribution in [0.15, 0.2) is 72.8 Å². The lowest BCUT2D eigenvalue weighted by Crippen LogP contribution is -2.45. The standard InChI is InChI=1S/C30H22F6O4/c31-29(32,33)18-8-3-6-16(11-18)27(37)39-25-22-14-23(24-20-10-2-1-5-15(20)13-21(22)24)26(25)40-28(38)17-7-4-9-19(12-17)30(34,35)36/h1-12,21-26H,13-14H2. The number of esters is 2. The highest BCUT2D eigenvalue weighted by molar-refractivity contribution is 5.91. The van der Waals surface area contributed by atoms with Crippen LogP contribution >= 0.6 is 0 Å². The molecule has 0 aromatic heterocycles. The quantitative estimate of drug-likeness (QED) is 0.253. The zero-order chi connectivity index (χ0) is 28.4. The van der Waals surface area contributed by atoms with Gasteiger partial charge in [-0.2, -0.15) is 26.3 Å². The van der Waals surface area contributed by atoms with Crippen LogP contribution in [0.2, 0.25) is 0 Å². The molecule has 3 aromatic rings. The zero-order valence-electron chi connectivity index (χ0n) is 20.7. The van der Waals surface area contributed by atoms with Gasteiger partial charge < -0.3 is 9.47 Å². The minimum Gasteiger partial charge on any atom is -0.455 e. The first-order chi connectivity index (χ1) is 18.9. The van der Waals surface area contributed by atoms with Gasteiger partial charge in [0, 0.05) is 11.8 Å². The molecule has 0 heterocycles. The molecule has 0 radical (unpaired) electrons. The Morgan fingerprint density at radius 2 is 1.18 bits per heavy atom. The van der Waals surface area contributed by atoms with E-state index in [0.29, 0.717) is 25.0 Å². The van der Waals surface area contributed by atoms with Crippen molar-refractivity contribution in [2.45, 2.75) is 43.3 Å². The maximum Gasteiger partial charge on any atom is 0.416 e. The number of halogens is 6. The lowest BCUT2D eigenvalue weighted by Gasteiger charge is -2.37. The van der Waals surface area contributed by atoms with Gasteiger partial charge in [-0.05, 0) is 72.2 Å². The molecule has 2 bridgehead atoms. The molecule has 0 N–H and O–H groups in total. The van der Waals surface area contributed by atoms with Crippen LogP contribution in [0.25, 0.3) is 0 Å². The van der Waals surface area contributed by atoms with Gasteiger partial charge in [0.25, 0.3) is 0 Å². The molecule has 2 saturated carbocycles. The fraction of sp³-hybridized carbons (Fsp3) is 0.333. The first-order valence-electron chi connectivity index (χ1n) is 12.8. The number of fused-ring (bicyclic) bond motifs is 7. The van der Waals surface area contributed by atoms with Gasteiger partial charge >= 0.3 is 24.3 Å². The Hall–Kier alpha value is -3.82. The Morgan fingerprint density at radius 3 is 1.73 bits per heavy atom. The van der Waals surface area contributed by atoms with E-state index in [1.807, 2.05) is 24.3 Å². The maximum absolute atomic E-state index is 13.2. The van der Waals surface area contributed by atoms with Crippen molar-refractivity contribution < 1.29 is 45.4 Å². The van der Waals surface area contributed by atoms with Crippen LogP contribution in [0, 0.1) is 17.8 Å². The number of carbonyl (C=O) groups excluding carboxylic acids is 2. The topological polar surface area (TPSA) is 52.6 Å². The molecule has 6 rings (SSSR count). The van der Waals surface area contributed by atoms with Crippen molar-refractivity contribution >= 4 is 11.9 Å². The smallest absolute Gasteiger partial charge is 0.416 e. The van der Waals surface area contributed by atoms with Crippen LogP contribution in [-0.4, -0.2) is 24.1 Å². The predicted molar refractivity (Wildman–Crippen MR) is 129 cm³/mol. The molecule has 3 aromatic carbocycles. The van der Waals surface area contributed by atoms with E-state index in [1.54, 1.807) is 0 Å². The average Bonchev–Trinajstić information content (AvgIpc) is 3.57. The molecule has 0 spiro atoms. The van der Waals surface area contributed by atoms with Crippen molar-refractivity contribution in [2.24, 2.45) is 17.8 Å². The van der Waals surface area contributed by atoms with Gasteiger partial charge in [0.1, 0.15) is 12.2 Å². The third-order valence-corrected chi connectivity index (χ3v) is 8.39. The maximum atomic E-state index is 13.2. The Kier molecular flexibility index (Phi) is 6.19. The molecule has 10 heteroatoms. The summed E-state index contributed by atoms with van der Waals surface area (Å²) in [6, 6.07) is 15.5. The van der Waals surface area contributed by atoms with Crippen LogP contribution in [-0.2, 0) is 28.2 Å². The molecule has 0 aliphatic heterocycles. The Balaban J connectivity index is 1.30. The van der Waals surface area contributed by atoms with Crippen molar-refractivity contribution in [3.63, 3.8) is 0 Å². The van der Waals surface area contributed by atoms with Crippen molar-refractivity contribution in [3.05, 3.63) is 106 Å². The number of benzene rings is 3. The lowest BCUT2D eigenvalue weighted by molar-refractivity contribution is -0.138. The summed E-state index contributed by atoms with van der Waals surface area (Å²) in [5, 5.41) is 0. The van der Waals surface area contributed by atoms with Crippen molar-refractivity contribution in [1.82, 2.24) is 0 Å². The van der Waals surface area contributed by atoms with Gasteiger partial charge in [-0.3, -0.25) is 0 Å². The molecule has 2 fully saturated rings. The fourth-order valence-corrected chi connectivity index (χ4v) is 6.80. The monoisotopic (exact) mass is 560 g/mol. The number of hydrogen-bond donors (Lipinski definition) is 0. The SMILES string of the molecule is O=C(OC1C2CC(C1OC(=O)c1cccc(C(F)(F)F)c1)C1c3ccccc3CC21)c1cccc(C(F)(F)F)c1. The summed E-state index contributed by atoms with van der Waals surface area (Å²) in [5.41, 5.74) is -0.389. The van der Waals surface area contributed by atoms with E-state index in [1.165, 1.54) is 12.1 Å². The summed E-state index contributed by atoms with van der Waals surface area (Å²) in [4.78, 5) is 26.2. The molecule has 40 heavy (non-hydrogen) atoms. The molecule has 208 valence electrons. The van der Waals surface area contributed by atoms with E-state index >= 15 is 0 Å². The van der Waals surface area contributed by atoms with Crippen LogP contribution < -0.4 is 0 Å². The highest BCUT2D eigenvalue weighted by atomic mass is 19.4. The number of hydrogen-bond acceptors (Lipinski definition) is 4. The molecule has 0 amide bonds. The van der Waals surface area contributed by atoms with E-state index in [-0.39, 0.29) is 34.8 Å². The van der Waals surface area contributed by atoms with Gasteiger partial charge in [-0.25, -0.2) is 9.59 Å². The second-order valence-electron chi connectivity index (χ2n) is 10.6. The first-order valence-corrected chi connectivity index (χ1v) is 12.8. The van der Waals surface area contributed by atoms with E-state index < -0.39 is 47.6 Å². The number of alkyl halides is 6. The number of carbonyl (C=O) groups is 2. The van der Waals surface area contributed by atoms with Gasteiger partial charge in [0.15, 0.2) is 0 Å². The first kappa shape index (κ1) is 26.4. The molecule has 0 saturated heterocycles. The molecular formula is C30H22F6O4. The predicted octanol–water partition coefficient (Wildman–Crippen LogP) is 7.08. The highest BCUT2D eigenvalue weighted by Gasteiger charge is 2.63. The third-order valence-electron chi connectivity index (χ3n) is 8.39. The average molecular weight is 560 g/mol. The van der Waals surface area contributed by atoms with E-state index in [9.17, 15) is 35.9 Å². The normalized spacial score (nSPS) is 26.8. The summed E-state index contributed by atoms with van der Waals surface area (Å²) in [6.45, 7) is 0.